The highest BCUT2D eigenvalue weighted by Gasteiger charge is 2.50. The molecule has 6 rings (SSSR count). The van der Waals surface area contributed by atoms with Gasteiger partial charge in [-0.1, -0.05) is 30.7 Å². The average molecular weight is 861 g/mol. The lowest BCUT2D eigenvalue weighted by Gasteiger charge is -2.42. The first-order valence-electron chi connectivity index (χ1n) is 19.5. The van der Waals surface area contributed by atoms with Crippen LogP contribution in [0.2, 0.25) is 5.02 Å². The van der Waals surface area contributed by atoms with Gasteiger partial charge >= 0.3 is 24.0 Å². The SMILES string of the molecule is C[C@H]1CN(C(=O)OC(C)(C)C)CC[C@]1(F)c1cc(Cl)cnc1O[C@H]1C[C@@H](C(=O)OC(C)(C)C)N(c2nc(C(F)(F)C(=O)NCCCC(=O)O)nc3c2oc2ccccc23)C1. The number of amides is 2. The second-order valence-corrected chi connectivity index (χ2v) is 17.5. The predicted molar refractivity (Wildman–Crippen MR) is 213 cm³/mol. The van der Waals surface area contributed by atoms with Gasteiger partial charge in [0.25, 0.3) is 5.91 Å². The summed E-state index contributed by atoms with van der Waals surface area (Å²) in [5.74, 6) is -10.4. The number of anilines is 1. The number of carboxylic acids is 1. The Hall–Kier alpha value is -5.39. The van der Waals surface area contributed by atoms with E-state index in [9.17, 15) is 19.2 Å². The third-order valence-electron chi connectivity index (χ3n) is 10.1. The molecule has 2 aliphatic heterocycles. The summed E-state index contributed by atoms with van der Waals surface area (Å²) in [7, 11) is 0. The lowest BCUT2D eigenvalue weighted by molar-refractivity contribution is -0.156. The molecule has 2 saturated heterocycles. The van der Waals surface area contributed by atoms with E-state index in [0.29, 0.717) is 5.39 Å². The number of carbonyl (C=O) groups is 4. The van der Waals surface area contributed by atoms with Crippen molar-refractivity contribution >= 4 is 63.4 Å². The molecule has 4 atom stereocenters. The van der Waals surface area contributed by atoms with Crippen molar-refractivity contribution in [3.05, 3.63) is 52.9 Å². The second-order valence-electron chi connectivity index (χ2n) is 17.1. The molecule has 0 bridgehead atoms. The van der Waals surface area contributed by atoms with Gasteiger partial charge in [-0.05, 0) is 66.2 Å². The predicted octanol–water partition coefficient (Wildman–Crippen LogP) is 7.31. The number of carboxylic acid groups (broad SMARTS) is 1. The molecule has 4 aromatic rings. The van der Waals surface area contributed by atoms with Crippen LogP contribution >= 0.6 is 11.6 Å². The lowest BCUT2D eigenvalue weighted by atomic mass is 9.79. The zero-order valence-electron chi connectivity index (χ0n) is 34.3. The summed E-state index contributed by atoms with van der Waals surface area (Å²) < 4.78 is 73.3. The Bertz CT molecular complexity index is 2300. The monoisotopic (exact) mass is 860 g/mol. The first-order valence-corrected chi connectivity index (χ1v) is 19.9. The molecule has 60 heavy (non-hydrogen) atoms. The van der Waals surface area contributed by atoms with E-state index < -0.39 is 70.6 Å². The number of pyridine rings is 1. The zero-order chi connectivity index (χ0) is 43.9. The number of para-hydroxylation sites is 1. The molecule has 15 nitrogen and oxygen atoms in total. The number of rotatable bonds is 11. The van der Waals surface area contributed by atoms with Crippen LogP contribution in [-0.4, -0.2) is 98.4 Å². The van der Waals surface area contributed by atoms with Crippen LogP contribution in [0.3, 0.4) is 0 Å². The number of hydrogen-bond donors (Lipinski definition) is 2. The largest absolute Gasteiger partial charge is 0.481 e. The van der Waals surface area contributed by atoms with Gasteiger partial charge in [0.2, 0.25) is 11.7 Å². The van der Waals surface area contributed by atoms with E-state index in [4.69, 9.17) is 35.3 Å². The fraction of sp³-hybridized carbons (Fsp3) is 0.537. The quantitative estimate of drug-likeness (QED) is 0.113. The topological polar surface area (TPSA) is 187 Å². The number of aliphatic carboxylic acids is 1. The van der Waals surface area contributed by atoms with Crippen molar-refractivity contribution in [3.63, 3.8) is 0 Å². The van der Waals surface area contributed by atoms with Crippen LogP contribution in [0.25, 0.3) is 22.1 Å². The van der Waals surface area contributed by atoms with Crippen molar-refractivity contribution in [1.82, 2.24) is 25.2 Å². The molecule has 324 valence electrons. The Balaban J connectivity index is 1.37. The fourth-order valence-electron chi connectivity index (χ4n) is 7.26. The Morgan fingerprint density at radius 1 is 1.05 bits per heavy atom. The smallest absolute Gasteiger partial charge is 0.410 e. The Labute approximate surface area is 348 Å². The summed E-state index contributed by atoms with van der Waals surface area (Å²) in [5, 5.41) is 11.4. The molecule has 0 aliphatic carbocycles. The van der Waals surface area contributed by atoms with E-state index in [1.165, 1.54) is 22.1 Å². The minimum Gasteiger partial charge on any atom is -0.481 e. The number of alkyl halides is 3. The molecule has 2 N–H and O–H groups in total. The first-order chi connectivity index (χ1) is 28.0. The van der Waals surface area contributed by atoms with Gasteiger partial charge in [0, 0.05) is 56.4 Å². The molecule has 5 heterocycles. The summed E-state index contributed by atoms with van der Waals surface area (Å²) in [6.07, 6.45) is -0.942. The normalized spacial score (nSPS) is 21.3. The Kier molecular flexibility index (Phi) is 12.2. The van der Waals surface area contributed by atoms with Crippen molar-refractivity contribution in [2.45, 2.75) is 109 Å². The van der Waals surface area contributed by atoms with Gasteiger partial charge in [0.05, 0.1) is 17.1 Å². The number of piperidine rings is 1. The number of aromatic nitrogens is 3. The van der Waals surface area contributed by atoms with E-state index >= 15 is 13.2 Å². The highest BCUT2D eigenvalue weighted by molar-refractivity contribution is 6.30. The van der Waals surface area contributed by atoms with Crippen LogP contribution < -0.4 is 15.0 Å². The molecule has 1 aromatic carbocycles. The maximum atomic E-state index is 17.3. The number of ether oxygens (including phenoxy) is 3. The third kappa shape index (κ3) is 9.48. The van der Waals surface area contributed by atoms with Crippen molar-refractivity contribution in [1.29, 1.82) is 0 Å². The van der Waals surface area contributed by atoms with Gasteiger partial charge in [-0.2, -0.15) is 8.78 Å². The summed E-state index contributed by atoms with van der Waals surface area (Å²) in [6.45, 7) is 11.3. The van der Waals surface area contributed by atoms with Gasteiger partial charge in [0.15, 0.2) is 11.4 Å². The van der Waals surface area contributed by atoms with Crippen LogP contribution in [0.5, 0.6) is 5.88 Å². The van der Waals surface area contributed by atoms with Crippen molar-refractivity contribution in [2.75, 3.05) is 31.1 Å². The molecule has 2 aliphatic rings. The number of esters is 1. The average Bonchev–Trinajstić information content (AvgIpc) is 3.75. The van der Waals surface area contributed by atoms with E-state index in [0.717, 1.165) is 0 Å². The number of nitrogens with zero attached hydrogens (tertiary/aromatic N) is 5. The number of nitrogens with one attached hydrogen (secondary N) is 1. The van der Waals surface area contributed by atoms with Crippen LogP contribution in [0.1, 0.15) is 85.5 Å². The number of benzene rings is 1. The van der Waals surface area contributed by atoms with Crippen molar-refractivity contribution in [2.24, 2.45) is 5.92 Å². The van der Waals surface area contributed by atoms with E-state index in [2.05, 4.69) is 20.3 Å². The highest BCUT2D eigenvalue weighted by atomic mass is 35.5. The van der Waals surface area contributed by atoms with Crippen molar-refractivity contribution in [3.8, 4) is 5.88 Å². The number of fused-ring (bicyclic) bond motifs is 3. The van der Waals surface area contributed by atoms with Gasteiger partial charge in [-0.3, -0.25) is 9.59 Å². The minimum atomic E-state index is -4.32. The second kappa shape index (κ2) is 16.6. The van der Waals surface area contributed by atoms with E-state index in [1.807, 2.05) is 0 Å². The molecular weight excluding hydrogens is 813 g/mol. The number of hydrogen-bond acceptors (Lipinski definition) is 12. The number of carbonyl (C=O) groups excluding carboxylic acids is 3. The molecule has 3 aromatic heterocycles. The first kappa shape index (κ1) is 44.2. The Morgan fingerprint density at radius 2 is 1.75 bits per heavy atom. The maximum Gasteiger partial charge on any atom is 0.410 e. The van der Waals surface area contributed by atoms with Gasteiger partial charge in [0.1, 0.15) is 40.1 Å². The maximum absolute atomic E-state index is 17.3. The fourth-order valence-corrected chi connectivity index (χ4v) is 7.41. The van der Waals surface area contributed by atoms with Gasteiger partial charge in [-0.15, -0.1) is 0 Å². The van der Waals surface area contributed by atoms with Gasteiger partial charge in [-0.25, -0.2) is 28.9 Å². The minimum absolute atomic E-state index is 0.0177. The van der Waals surface area contributed by atoms with Crippen LogP contribution in [0.4, 0.5) is 23.8 Å². The molecule has 0 unspecified atom stereocenters. The third-order valence-corrected chi connectivity index (χ3v) is 10.3. The van der Waals surface area contributed by atoms with Crippen LogP contribution in [-0.2, 0) is 35.4 Å². The molecule has 19 heteroatoms. The standard InChI is InChI=1S/C41H48ClF3N6O9/c1-22-20-50(37(56)60-39(5,6)7)16-14-40(22,43)26-17-23(42)19-47-33(26)57-24-18-27(34(54)59-38(2,3)4)51(21-24)32-31-30(25-11-8-9-12-28(25)58-31)48-35(49-32)41(44,45)36(55)46-15-10-13-29(52)53/h8-9,11-12,17,19,22,24,27H,10,13-16,18,20-21H2,1-7H3,(H,46,55)(H,52,53)/t22-,24-,27-,40+/m0/s1. The van der Waals surface area contributed by atoms with Crippen molar-refractivity contribution < 1.29 is 56.1 Å². The molecule has 2 fully saturated rings. The number of likely N-dealkylation sites (tertiary alicyclic amines) is 1. The summed E-state index contributed by atoms with van der Waals surface area (Å²) in [4.78, 5) is 66.1. The summed E-state index contributed by atoms with van der Waals surface area (Å²) >= 11 is 6.38. The number of halogens is 4. The zero-order valence-corrected chi connectivity index (χ0v) is 35.1. The molecule has 0 saturated carbocycles. The van der Waals surface area contributed by atoms with E-state index in [-0.39, 0.29) is 90.8 Å². The Morgan fingerprint density at radius 3 is 2.42 bits per heavy atom. The van der Waals surface area contributed by atoms with Crippen LogP contribution in [0.15, 0.2) is 40.9 Å². The molecular formula is C41H48ClF3N6O9. The molecule has 0 spiro atoms. The van der Waals surface area contributed by atoms with Gasteiger partial charge < -0.3 is 38.9 Å². The molecule has 2 amide bonds. The highest BCUT2D eigenvalue weighted by Crippen LogP contribution is 2.46. The summed E-state index contributed by atoms with van der Waals surface area (Å²) in [6, 6.07) is 6.67. The number of furan rings is 1. The lowest BCUT2D eigenvalue weighted by Crippen LogP contribution is -2.50. The van der Waals surface area contributed by atoms with Crippen LogP contribution in [0, 0.1) is 5.92 Å². The van der Waals surface area contributed by atoms with E-state index in [1.54, 1.807) is 72.7 Å². The summed E-state index contributed by atoms with van der Waals surface area (Å²) in [5.41, 5.74) is -3.65. The molecule has 0 radical (unpaired) electrons.